The summed E-state index contributed by atoms with van der Waals surface area (Å²) in [7, 11) is 1.24. The smallest absolute Gasteiger partial charge is 0.466 e. The molecule has 6 rings (SSSR count). The molecule has 2 heterocycles. The SMILES string of the molecule is COC(=O)COC(=O)N(C1CC1)C1c2ccccc2N(c2nnc(-c3cccc(OC(F)(F)F)c3)o2)C2CCCC21. The molecular formula is C28H27F3N4O6. The summed E-state index contributed by atoms with van der Waals surface area (Å²) in [5.74, 6) is -0.968. The minimum absolute atomic E-state index is 0.00667. The molecule has 2 aliphatic carbocycles. The highest BCUT2D eigenvalue weighted by Gasteiger charge is 2.52. The molecule has 2 saturated carbocycles. The highest BCUT2D eigenvalue weighted by molar-refractivity contribution is 5.77. The van der Waals surface area contributed by atoms with Crippen LogP contribution in [0.1, 0.15) is 43.7 Å². The van der Waals surface area contributed by atoms with Crippen LogP contribution in [0.2, 0.25) is 0 Å². The Morgan fingerprint density at radius 2 is 1.88 bits per heavy atom. The quantitative estimate of drug-likeness (QED) is 0.326. The number of halogens is 3. The number of fused-ring (bicyclic) bond motifs is 2. The van der Waals surface area contributed by atoms with Crippen molar-refractivity contribution >= 4 is 23.8 Å². The van der Waals surface area contributed by atoms with Gasteiger partial charge in [-0.05, 0) is 55.5 Å². The van der Waals surface area contributed by atoms with Crippen LogP contribution in [0.4, 0.5) is 29.7 Å². The van der Waals surface area contributed by atoms with Gasteiger partial charge in [-0.3, -0.25) is 9.80 Å². The van der Waals surface area contributed by atoms with Gasteiger partial charge < -0.3 is 18.6 Å². The molecule has 216 valence electrons. The van der Waals surface area contributed by atoms with Crippen molar-refractivity contribution in [2.45, 2.75) is 56.6 Å². The lowest BCUT2D eigenvalue weighted by atomic mass is 9.82. The van der Waals surface area contributed by atoms with Crippen LogP contribution in [0.15, 0.2) is 52.9 Å². The molecule has 2 aromatic carbocycles. The first-order valence-electron chi connectivity index (χ1n) is 13.3. The Morgan fingerprint density at radius 1 is 1.07 bits per heavy atom. The zero-order valence-corrected chi connectivity index (χ0v) is 22.0. The number of anilines is 2. The number of nitrogens with zero attached hydrogens (tertiary/aromatic N) is 4. The van der Waals surface area contributed by atoms with E-state index in [0.29, 0.717) is 0 Å². The minimum atomic E-state index is -4.83. The molecule has 0 saturated heterocycles. The van der Waals surface area contributed by atoms with E-state index < -0.39 is 30.8 Å². The Bertz CT molecular complexity index is 1440. The highest BCUT2D eigenvalue weighted by Crippen LogP contribution is 2.54. The first-order chi connectivity index (χ1) is 19.7. The first-order valence-corrected chi connectivity index (χ1v) is 13.3. The summed E-state index contributed by atoms with van der Waals surface area (Å²) in [5, 5.41) is 8.41. The van der Waals surface area contributed by atoms with E-state index in [-0.39, 0.29) is 41.5 Å². The zero-order chi connectivity index (χ0) is 28.7. The number of hydrogen-bond acceptors (Lipinski definition) is 9. The van der Waals surface area contributed by atoms with Crippen LogP contribution >= 0.6 is 0 Å². The summed E-state index contributed by atoms with van der Waals surface area (Å²) in [5.41, 5.74) is 1.96. The zero-order valence-electron chi connectivity index (χ0n) is 22.0. The molecule has 3 aromatic rings. The molecule has 1 aliphatic heterocycles. The second-order valence-corrected chi connectivity index (χ2v) is 10.3. The molecule has 3 aliphatic rings. The lowest BCUT2D eigenvalue weighted by Gasteiger charge is -2.46. The predicted octanol–water partition coefficient (Wildman–Crippen LogP) is 5.77. The maximum absolute atomic E-state index is 13.3. The van der Waals surface area contributed by atoms with Gasteiger partial charge in [0.25, 0.3) is 0 Å². The van der Waals surface area contributed by atoms with Crippen molar-refractivity contribution in [2.24, 2.45) is 5.92 Å². The number of methoxy groups -OCH3 is 1. The molecule has 0 bridgehead atoms. The van der Waals surface area contributed by atoms with Crippen LogP contribution < -0.4 is 9.64 Å². The molecule has 1 aromatic heterocycles. The number of hydrogen-bond donors (Lipinski definition) is 0. The van der Waals surface area contributed by atoms with Gasteiger partial charge in [-0.2, -0.15) is 0 Å². The van der Waals surface area contributed by atoms with Gasteiger partial charge in [0.2, 0.25) is 5.89 Å². The normalized spacial score (nSPS) is 21.6. The number of amides is 1. The fourth-order valence-corrected chi connectivity index (χ4v) is 5.98. The van der Waals surface area contributed by atoms with Crippen molar-refractivity contribution < 1.29 is 41.4 Å². The number of ether oxygens (including phenoxy) is 3. The monoisotopic (exact) mass is 572 g/mol. The molecule has 41 heavy (non-hydrogen) atoms. The summed E-state index contributed by atoms with van der Waals surface area (Å²) in [6.45, 7) is -0.465. The number of benzene rings is 2. The Balaban J connectivity index is 1.34. The van der Waals surface area contributed by atoms with E-state index in [1.807, 2.05) is 29.2 Å². The lowest BCUT2D eigenvalue weighted by Crippen LogP contribution is -2.49. The summed E-state index contributed by atoms with van der Waals surface area (Å²) in [4.78, 5) is 28.7. The van der Waals surface area contributed by atoms with E-state index in [1.165, 1.54) is 25.3 Å². The van der Waals surface area contributed by atoms with E-state index in [0.717, 1.165) is 43.4 Å². The minimum Gasteiger partial charge on any atom is -0.466 e. The molecule has 13 heteroatoms. The van der Waals surface area contributed by atoms with Crippen LogP contribution in [-0.4, -0.2) is 59.3 Å². The van der Waals surface area contributed by atoms with Crippen molar-refractivity contribution in [3.63, 3.8) is 0 Å². The van der Waals surface area contributed by atoms with E-state index in [9.17, 15) is 22.8 Å². The predicted molar refractivity (Wildman–Crippen MR) is 137 cm³/mol. The summed E-state index contributed by atoms with van der Waals surface area (Å²) in [6.07, 6.45) is -1.15. The third-order valence-electron chi connectivity index (χ3n) is 7.71. The Kier molecular flexibility index (Phi) is 6.96. The third-order valence-corrected chi connectivity index (χ3v) is 7.71. The molecule has 10 nitrogen and oxygen atoms in total. The largest absolute Gasteiger partial charge is 0.573 e. The van der Waals surface area contributed by atoms with Gasteiger partial charge in [-0.25, -0.2) is 9.59 Å². The molecule has 0 N–H and O–H groups in total. The van der Waals surface area contributed by atoms with Gasteiger partial charge in [0.1, 0.15) is 5.75 Å². The molecule has 0 spiro atoms. The third kappa shape index (κ3) is 5.40. The van der Waals surface area contributed by atoms with E-state index in [4.69, 9.17) is 9.15 Å². The standard InChI is InChI=1S/C28H27F3N4O6/c1-38-23(36)15-39-27(37)34(17-12-13-17)24-19-8-2-3-10-21(19)35(22-11-5-9-20(22)24)26-33-32-25(40-26)16-6-4-7-18(14-16)41-28(29,30)31/h2-4,6-8,10,14,17,20,22,24H,5,9,11-13,15H2,1H3. The number of para-hydroxylation sites is 1. The van der Waals surface area contributed by atoms with Crippen molar-refractivity contribution in [2.75, 3.05) is 18.6 Å². The summed E-state index contributed by atoms with van der Waals surface area (Å²) >= 11 is 0. The van der Waals surface area contributed by atoms with Crippen LogP contribution in [0, 0.1) is 5.92 Å². The number of esters is 1. The fraction of sp³-hybridized carbons (Fsp3) is 0.429. The number of alkyl halides is 3. The second kappa shape index (κ2) is 10.6. The average Bonchev–Trinajstić information content (AvgIpc) is 3.45. The maximum Gasteiger partial charge on any atom is 0.573 e. The number of rotatable bonds is 7. The summed E-state index contributed by atoms with van der Waals surface area (Å²) in [6, 6.07) is 12.9. The van der Waals surface area contributed by atoms with E-state index in [1.54, 1.807) is 11.0 Å². The van der Waals surface area contributed by atoms with Gasteiger partial charge in [-0.1, -0.05) is 35.8 Å². The van der Waals surface area contributed by atoms with Crippen LogP contribution in [0.25, 0.3) is 11.5 Å². The van der Waals surface area contributed by atoms with Crippen molar-refractivity contribution in [1.82, 2.24) is 15.1 Å². The lowest BCUT2D eigenvalue weighted by molar-refractivity contribution is -0.274. The second-order valence-electron chi connectivity index (χ2n) is 10.3. The van der Waals surface area contributed by atoms with Gasteiger partial charge >= 0.3 is 24.4 Å². The fourth-order valence-electron chi connectivity index (χ4n) is 5.98. The molecule has 3 unspecified atom stereocenters. The van der Waals surface area contributed by atoms with Gasteiger partial charge in [0.15, 0.2) is 6.61 Å². The van der Waals surface area contributed by atoms with E-state index >= 15 is 0 Å². The van der Waals surface area contributed by atoms with Gasteiger partial charge in [0, 0.05) is 23.6 Å². The van der Waals surface area contributed by atoms with Crippen LogP contribution in [0.5, 0.6) is 5.75 Å². The van der Waals surface area contributed by atoms with E-state index in [2.05, 4.69) is 19.7 Å². The molecule has 3 atom stereocenters. The van der Waals surface area contributed by atoms with Crippen molar-refractivity contribution in [1.29, 1.82) is 0 Å². The maximum atomic E-state index is 13.3. The van der Waals surface area contributed by atoms with Crippen molar-refractivity contribution in [3.05, 3.63) is 54.1 Å². The Hall–Kier alpha value is -4.29. The average molecular weight is 573 g/mol. The Morgan fingerprint density at radius 3 is 2.63 bits per heavy atom. The first kappa shape index (κ1) is 26.9. The summed E-state index contributed by atoms with van der Waals surface area (Å²) < 4.78 is 58.3. The van der Waals surface area contributed by atoms with Crippen molar-refractivity contribution in [3.8, 4) is 17.2 Å². The number of carbonyl (C=O) groups is 2. The van der Waals surface area contributed by atoms with Crippen LogP contribution in [0.3, 0.4) is 0 Å². The number of carbonyl (C=O) groups excluding carboxylic acids is 2. The number of aromatic nitrogens is 2. The van der Waals surface area contributed by atoms with Crippen LogP contribution in [-0.2, 0) is 14.3 Å². The molecule has 2 fully saturated rings. The molecule has 1 amide bonds. The van der Waals surface area contributed by atoms with Gasteiger partial charge in [0.05, 0.1) is 18.8 Å². The molecular weight excluding hydrogens is 545 g/mol. The molecule has 0 radical (unpaired) electrons. The Labute approximate surface area is 233 Å². The highest BCUT2D eigenvalue weighted by atomic mass is 19.4. The topological polar surface area (TPSA) is 107 Å². The van der Waals surface area contributed by atoms with Gasteiger partial charge in [-0.15, -0.1) is 18.3 Å².